The number of nitrogens with one attached hydrogen (secondary N) is 1. The average Bonchev–Trinajstić information content (AvgIpc) is 3.24. The van der Waals surface area contributed by atoms with Crippen LogP contribution < -0.4 is 4.31 Å². The number of carbonyl (C=O) groups excluding carboxylic acids is 1. The van der Waals surface area contributed by atoms with Crippen LogP contribution in [0.3, 0.4) is 0 Å². The number of anilines is 2. The predicted molar refractivity (Wildman–Crippen MR) is 101 cm³/mol. The Balaban J connectivity index is 1.97. The lowest BCUT2D eigenvalue weighted by Gasteiger charge is -2.16. The van der Waals surface area contributed by atoms with E-state index in [0.29, 0.717) is 16.3 Å². The topological polar surface area (TPSA) is 92.4 Å². The van der Waals surface area contributed by atoms with E-state index in [1.54, 1.807) is 31.2 Å². The molecule has 0 fully saturated rings. The zero-order chi connectivity index (χ0) is 18.7. The third kappa shape index (κ3) is 3.78. The lowest BCUT2D eigenvalue weighted by Crippen LogP contribution is -2.14. The molecule has 0 aliphatic rings. The number of carbonyl (C=O) groups is 1. The number of aryl methyl sites for hydroxylation is 1. The summed E-state index contributed by atoms with van der Waals surface area (Å²) in [6.45, 7) is 3.86. The maximum absolute atomic E-state index is 11.9. The van der Waals surface area contributed by atoms with Gasteiger partial charge in [-0.3, -0.25) is 5.10 Å². The zero-order valence-electron chi connectivity index (χ0n) is 14.1. The van der Waals surface area contributed by atoms with Crippen LogP contribution in [0.15, 0.2) is 42.5 Å². The number of esters is 1. The fourth-order valence-corrected chi connectivity index (χ4v) is 4.17. The Bertz CT molecular complexity index is 999. The SMILES string of the molecule is CCOC(=O)c1cccc(N(c2ccc(-c3cc(C)[nH]n3)s2)[SH](=O)=O)c1. The van der Waals surface area contributed by atoms with Crippen molar-refractivity contribution in [1.29, 1.82) is 0 Å². The van der Waals surface area contributed by atoms with Crippen LogP contribution in [0.25, 0.3) is 10.6 Å². The van der Waals surface area contributed by atoms with Gasteiger partial charge in [0, 0.05) is 5.69 Å². The van der Waals surface area contributed by atoms with E-state index in [1.165, 1.54) is 21.7 Å². The molecule has 0 bridgehead atoms. The zero-order valence-corrected chi connectivity index (χ0v) is 15.8. The summed E-state index contributed by atoms with van der Waals surface area (Å²) in [7, 11) is -2.94. The molecule has 26 heavy (non-hydrogen) atoms. The number of nitrogens with zero attached hydrogens (tertiary/aromatic N) is 2. The van der Waals surface area contributed by atoms with Crippen LogP contribution in [0.2, 0.25) is 0 Å². The van der Waals surface area contributed by atoms with E-state index in [1.807, 2.05) is 19.1 Å². The summed E-state index contributed by atoms with van der Waals surface area (Å²) >= 11 is 1.30. The van der Waals surface area contributed by atoms with Crippen molar-refractivity contribution < 1.29 is 17.9 Å². The van der Waals surface area contributed by atoms with E-state index < -0.39 is 16.9 Å². The summed E-state index contributed by atoms with van der Waals surface area (Å²) in [6.07, 6.45) is 0. The van der Waals surface area contributed by atoms with Gasteiger partial charge in [-0.25, -0.2) is 17.5 Å². The maximum atomic E-state index is 11.9. The highest BCUT2D eigenvalue weighted by Crippen LogP contribution is 2.37. The number of thiophene rings is 1. The molecule has 136 valence electrons. The van der Waals surface area contributed by atoms with Crippen LogP contribution >= 0.6 is 11.3 Å². The number of ether oxygens (including phenoxy) is 1. The molecule has 0 aliphatic heterocycles. The van der Waals surface area contributed by atoms with E-state index in [4.69, 9.17) is 4.74 Å². The van der Waals surface area contributed by atoms with Crippen molar-refractivity contribution in [2.24, 2.45) is 0 Å². The summed E-state index contributed by atoms with van der Waals surface area (Å²) in [5, 5.41) is 7.56. The van der Waals surface area contributed by atoms with Gasteiger partial charge in [0.15, 0.2) is 0 Å². The normalized spacial score (nSPS) is 10.9. The molecule has 0 unspecified atom stereocenters. The van der Waals surface area contributed by atoms with Gasteiger partial charge in [-0.2, -0.15) is 5.10 Å². The van der Waals surface area contributed by atoms with Crippen molar-refractivity contribution in [2.45, 2.75) is 13.8 Å². The van der Waals surface area contributed by atoms with Crippen LogP contribution in [-0.2, 0) is 15.6 Å². The van der Waals surface area contributed by atoms with Gasteiger partial charge in [-0.15, -0.1) is 11.3 Å². The Morgan fingerprint density at radius 1 is 1.27 bits per heavy atom. The van der Waals surface area contributed by atoms with Gasteiger partial charge in [0.05, 0.1) is 22.7 Å². The smallest absolute Gasteiger partial charge is 0.338 e. The molecule has 2 aromatic heterocycles. The first-order valence-corrected chi connectivity index (χ1v) is 9.78. The summed E-state index contributed by atoms with van der Waals surface area (Å²) < 4.78 is 29.9. The highest BCUT2D eigenvalue weighted by atomic mass is 32.2. The molecule has 0 saturated heterocycles. The standard InChI is InChI=1S/C17H17N3O4S2/c1-3-24-17(21)12-5-4-6-13(10-12)20(26(22)23)16-8-7-15(25-16)14-9-11(2)18-19-14/h4-10,26H,3H2,1-2H3,(H,18,19). The van der Waals surface area contributed by atoms with Crippen molar-refractivity contribution in [3.8, 4) is 10.6 Å². The number of benzene rings is 1. The largest absolute Gasteiger partial charge is 0.462 e. The molecule has 1 aromatic carbocycles. The van der Waals surface area contributed by atoms with Crippen LogP contribution in [-0.4, -0.2) is 31.2 Å². The van der Waals surface area contributed by atoms with Crippen LogP contribution in [0.4, 0.5) is 10.7 Å². The van der Waals surface area contributed by atoms with E-state index in [2.05, 4.69) is 10.2 Å². The Kier molecular flexibility index (Phi) is 5.38. The highest BCUT2D eigenvalue weighted by molar-refractivity contribution is 7.74. The van der Waals surface area contributed by atoms with Crippen molar-refractivity contribution in [3.63, 3.8) is 0 Å². The summed E-state index contributed by atoms with van der Waals surface area (Å²) in [6, 6.07) is 11.8. The van der Waals surface area contributed by atoms with Gasteiger partial charge < -0.3 is 4.74 Å². The molecule has 0 spiro atoms. The van der Waals surface area contributed by atoms with Gasteiger partial charge in [0.1, 0.15) is 10.7 Å². The van der Waals surface area contributed by atoms with Crippen LogP contribution in [0.5, 0.6) is 0 Å². The first-order chi connectivity index (χ1) is 12.5. The predicted octanol–water partition coefficient (Wildman–Crippen LogP) is 3.29. The summed E-state index contributed by atoms with van der Waals surface area (Å²) in [5.41, 5.74) is 2.34. The molecule has 3 rings (SSSR count). The third-order valence-electron chi connectivity index (χ3n) is 3.52. The second kappa shape index (κ2) is 7.71. The van der Waals surface area contributed by atoms with Gasteiger partial charge in [-0.1, -0.05) is 6.07 Å². The number of thiol groups is 1. The molecular formula is C17H17N3O4S2. The average molecular weight is 391 g/mol. The van der Waals surface area contributed by atoms with E-state index in [-0.39, 0.29) is 6.61 Å². The van der Waals surface area contributed by atoms with Crippen molar-refractivity contribution in [3.05, 3.63) is 53.7 Å². The van der Waals surface area contributed by atoms with E-state index >= 15 is 0 Å². The summed E-state index contributed by atoms with van der Waals surface area (Å²) in [5.74, 6) is -0.491. The van der Waals surface area contributed by atoms with Crippen molar-refractivity contribution >= 4 is 38.9 Å². The fraction of sp³-hybridized carbons (Fsp3) is 0.176. The van der Waals surface area contributed by atoms with Crippen LogP contribution in [0.1, 0.15) is 23.0 Å². The molecule has 3 aromatic rings. The molecular weight excluding hydrogens is 374 g/mol. The van der Waals surface area contributed by atoms with Crippen molar-refractivity contribution in [2.75, 3.05) is 10.9 Å². The molecule has 2 heterocycles. The quantitative estimate of drug-likeness (QED) is 0.497. The molecule has 1 N–H and O–H groups in total. The number of rotatable bonds is 6. The molecule has 0 radical (unpaired) electrons. The van der Waals surface area contributed by atoms with E-state index in [9.17, 15) is 13.2 Å². The Hall–Kier alpha value is -2.65. The maximum Gasteiger partial charge on any atom is 0.338 e. The minimum absolute atomic E-state index is 0.250. The highest BCUT2D eigenvalue weighted by Gasteiger charge is 2.17. The molecule has 7 nitrogen and oxygen atoms in total. The molecule has 0 atom stereocenters. The summed E-state index contributed by atoms with van der Waals surface area (Å²) in [4.78, 5) is 12.8. The number of hydrogen-bond acceptors (Lipinski definition) is 6. The number of hydrogen-bond donors (Lipinski definition) is 2. The van der Waals surface area contributed by atoms with Crippen LogP contribution in [0, 0.1) is 6.92 Å². The molecule has 9 heteroatoms. The monoisotopic (exact) mass is 391 g/mol. The Morgan fingerprint density at radius 2 is 2.08 bits per heavy atom. The minimum Gasteiger partial charge on any atom is -0.462 e. The van der Waals surface area contributed by atoms with Gasteiger partial charge in [0.25, 0.3) is 0 Å². The first-order valence-electron chi connectivity index (χ1n) is 7.83. The van der Waals surface area contributed by atoms with E-state index in [0.717, 1.165) is 16.3 Å². The fourth-order valence-electron chi connectivity index (χ4n) is 2.40. The lowest BCUT2D eigenvalue weighted by atomic mass is 10.2. The Labute approximate surface area is 156 Å². The third-order valence-corrected chi connectivity index (χ3v) is 5.53. The molecule has 0 aliphatic carbocycles. The lowest BCUT2D eigenvalue weighted by molar-refractivity contribution is 0.0526. The number of aromatic nitrogens is 2. The second-order valence-corrected chi connectivity index (χ2v) is 7.33. The van der Waals surface area contributed by atoms with Gasteiger partial charge >= 0.3 is 5.97 Å². The Morgan fingerprint density at radius 3 is 2.73 bits per heavy atom. The molecule has 0 amide bonds. The van der Waals surface area contributed by atoms with Gasteiger partial charge in [-0.05, 0) is 50.2 Å². The minimum atomic E-state index is -2.94. The first kappa shape index (κ1) is 18.2. The van der Waals surface area contributed by atoms with Crippen molar-refractivity contribution in [1.82, 2.24) is 10.2 Å². The number of H-pyrrole nitrogens is 1. The van der Waals surface area contributed by atoms with Gasteiger partial charge in [0.2, 0.25) is 10.9 Å². The number of aromatic amines is 1. The second-order valence-electron chi connectivity index (χ2n) is 5.39. The molecule has 0 saturated carbocycles.